The quantitative estimate of drug-likeness (QED) is 0.489. The van der Waals surface area contributed by atoms with Gasteiger partial charge >= 0.3 is 0 Å². The van der Waals surface area contributed by atoms with Crippen LogP contribution in [0.2, 0.25) is 10.2 Å². The van der Waals surface area contributed by atoms with Crippen LogP contribution < -0.4 is 11.1 Å². The van der Waals surface area contributed by atoms with E-state index in [4.69, 9.17) is 28.9 Å². The van der Waals surface area contributed by atoms with Crippen molar-refractivity contribution in [3.8, 4) is 0 Å². The van der Waals surface area contributed by atoms with E-state index in [1.54, 1.807) is 17.4 Å². The number of nitrogens with one attached hydrogen (secondary N) is 1. The predicted octanol–water partition coefficient (Wildman–Crippen LogP) is 5.37. The fourth-order valence-corrected chi connectivity index (χ4v) is 6.09. The molecule has 138 valence electrons. The molecule has 4 nitrogen and oxygen atoms in total. The highest BCUT2D eigenvalue weighted by atomic mass is 35.5. The van der Waals surface area contributed by atoms with Gasteiger partial charge in [-0.15, -0.1) is 22.7 Å². The molecule has 1 fully saturated rings. The third-order valence-electron chi connectivity index (χ3n) is 4.92. The molecule has 0 saturated heterocycles. The molecule has 4 rings (SSSR count). The lowest BCUT2D eigenvalue weighted by atomic mass is 9.80. The zero-order valence-corrected chi connectivity index (χ0v) is 17.1. The minimum Gasteiger partial charge on any atom is -0.383 e. The van der Waals surface area contributed by atoms with E-state index in [0.29, 0.717) is 33.5 Å². The zero-order valence-electron chi connectivity index (χ0n) is 14.0. The number of nitrogens with two attached hydrogens (primary N) is 1. The minimum atomic E-state index is -1.10. The van der Waals surface area contributed by atoms with Gasteiger partial charge in [0.2, 0.25) is 0 Å². The third-order valence-corrected chi connectivity index (χ3v) is 7.85. The molecule has 1 saturated carbocycles. The Morgan fingerprint density at radius 2 is 2.23 bits per heavy atom. The number of aliphatic hydroxyl groups is 1. The Kier molecular flexibility index (Phi) is 5.16. The Morgan fingerprint density at radius 1 is 1.38 bits per heavy atom. The molecule has 2 atom stereocenters. The maximum atomic E-state index is 11.3. The number of halogens is 2. The highest BCUT2D eigenvalue weighted by Gasteiger charge is 2.42. The summed E-state index contributed by atoms with van der Waals surface area (Å²) in [5.74, 6) is 0. The summed E-state index contributed by atoms with van der Waals surface area (Å²) in [6, 6.07) is 5.59. The number of thiophene rings is 2. The van der Waals surface area contributed by atoms with Gasteiger partial charge < -0.3 is 16.2 Å². The van der Waals surface area contributed by atoms with Crippen LogP contribution in [-0.2, 0) is 12.1 Å². The van der Waals surface area contributed by atoms with Crippen LogP contribution in [0.25, 0.3) is 10.2 Å². The van der Waals surface area contributed by atoms with Gasteiger partial charge in [-0.3, -0.25) is 0 Å². The maximum absolute atomic E-state index is 11.3. The molecule has 3 heterocycles. The monoisotopic (exact) mass is 427 g/mol. The van der Waals surface area contributed by atoms with Gasteiger partial charge in [0.1, 0.15) is 16.3 Å². The highest BCUT2D eigenvalue weighted by molar-refractivity contribution is 7.20. The van der Waals surface area contributed by atoms with Gasteiger partial charge in [-0.2, -0.15) is 0 Å². The molecule has 26 heavy (non-hydrogen) atoms. The van der Waals surface area contributed by atoms with Crippen LogP contribution in [0.1, 0.15) is 35.4 Å². The van der Waals surface area contributed by atoms with E-state index >= 15 is 0 Å². The van der Waals surface area contributed by atoms with Crippen LogP contribution in [0.3, 0.4) is 0 Å². The molecular weight excluding hydrogens is 409 g/mol. The molecule has 0 bridgehead atoms. The average molecular weight is 428 g/mol. The normalized spacial score (nSPS) is 23.5. The molecule has 0 radical (unpaired) electrons. The molecule has 3 aromatic rings. The summed E-state index contributed by atoms with van der Waals surface area (Å²) in [5.41, 5.74) is 6.66. The molecule has 0 unspecified atom stereocenters. The van der Waals surface area contributed by atoms with Crippen molar-refractivity contribution in [2.24, 2.45) is 5.73 Å². The minimum absolute atomic E-state index is 0.320. The Morgan fingerprint density at radius 3 is 2.96 bits per heavy atom. The molecule has 1 aliphatic rings. The number of hydrogen-bond acceptors (Lipinski definition) is 6. The van der Waals surface area contributed by atoms with E-state index in [9.17, 15) is 5.11 Å². The van der Waals surface area contributed by atoms with E-state index in [2.05, 4.69) is 16.4 Å². The Hall–Kier alpha value is -0.890. The van der Waals surface area contributed by atoms with Crippen molar-refractivity contribution in [2.45, 2.75) is 43.9 Å². The summed E-state index contributed by atoms with van der Waals surface area (Å²) in [6.07, 6.45) is 3.38. The Bertz CT molecular complexity index is 928. The lowest BCUT2D eigenvalue weighted by Crippen LogP contribution is -2.47. The smallest absolute Gasteiger partial charge is 0.131 e. The lowest BCUT2D eigenvalue weighted by molar-refractivity contribution is -0.0158. The number of aromatic nitrogens is 1. The number of hydrogen-bond donors (Lipinski definition) is 3. The molecular formula is C18H19Cl2N3OS2. The molecule has 4 N–H and O–H groups in total. The van der Waals surface area contributed by atoms with Gasteiger partial charge in [0, 0.05) is 23.5 Å². The van der Waals surface area contributed by atoms with Crippen molar-refractivity contribution in [3.63, 3.8) is 0 Å². The molecule has 3 aromatic heterocycles. The number of nitrogens with zero attached hydrogens (tertiary/aromatic N) is 1. The van der Waals surface area contributed by atoms with Crippen LogP contribution in [0, 0.1) is 0 Å². The van der Waals surface area contributed by atoms with Crippen LogP contribution in [0.4, 0.5) is 5.69 Å². The average Bonchev–Trinajstić information content (AvgIpc) is 3.24. The van der Waals surface area contributed by atoms with E-state index in [1.165, 1.54) is 16.2 Å². The number of anilines is 1. The second-order valence-corrected chi connectivity index (χ2v) is 9.44. The highest BCUT2D eigenvalue weighted by Crippen LogP contribution is 2.48. The first-order valence-electron chi connectivity index (χ1n) is 8.52. The molecule has 8 heteroatoms. The molecule has 1 aliphatic carbocycles. The van der Waals surface area contributed by atoms with Crippen molar-refractivity contribution >= 4 is 61.8 Å². The van der Waals surface area contributed by atoms with Gasteiger partial charge in [-0.05, 0) is 24.3 Å². The molecule has 0 aliphatic heterocycles. The summed E-state index contributed by atoms with van der Waals surface area (Å²) in [5, 5.41) is 17.6. The summed E-state index contributed by atoms with van der Waals surface area (Å²) < 4.78 is 0.900. The molecule has 0 spiro atoms. The summed E-state index contributed by atoms with van der Waals surface area (Å²) in [4.78, 5) is 6.34. The number of pyridine rings is 1. The predicted molar refractivity (Wildman–Crippen MR) is 112 cm³/mol. The Balaban J connectivity index is 1.77. The first-order chi connectivity index (χ1) is 12.5. The van der Waals surface area contributed by atoms with Gasteiger partial charge in [0.15, 0.2) is 0 Å². The van der Waals surface area contributed by atoms with E-state index in [1.807, 2.05) is 11.4 Å². The van der Waals surface area contributed by atoms with Crippen molar-refractivity contribution in [2.75, 3.05) is 5.32 Å². The van der Waals surface area contributed by atoms with E-state index in [0.717, 1.165) is 29.6 Å². The van der Waals surface area contributed by atoms with Crippen molar-refractivity contribution in [1.82, 2.24) is 4.98 Å². The standard InChI is InChI=1S/C18H19Cl2N3OS2/c19-13-8-11(22-9-10-4-3-7-25-10)16-15(23-13)14(20)17(26-16)18(24)6-2-1-5-12(18)21/h3-4,7-8,12,24H,1-2,5-6,9,21H2,(H,22,23)/t12-,18+/m0/s1. The maximum Gasteiger partial charge on any atom is 0.131 e. The van der Waals surface area contributed by atoms with Crippen molar-refractivity contribution in [1.29, 1.82) is 0 Å². The van der Waals surface area contributed by atoms with Crippen LogP contribution in [0.15, 0.2) is 23.6 Å². The first kappa shape index (κ1) is 18.5. The SMILES string of the molecule is N[C@H]1CCCC[C@]1(O)c1sc2c(NCc3cccs3)cc(Cl)nc2c1Cl. The topological polar surface area (TPSA) is 71.2 Å². The fraction of sp³-hybridized carbons (Fsp3) is 0.389. The van der Waals surface area contributed by atoms with Gasteiger partial charge in [-0.1, -0.05) is 42.1 Å². The van der Waals surface area contributed by atoms with Crippen LogP contribution in [-0.4, -0.2) is 16.1 Å². The first-order valence-corrected chi connectivity index (χ1v) is 11.0. The summed E-state index contributed by atoms with van der Waals surface area (Å²) >= 11 is 16.0. The van der Waals surface area contributed by atoms with Gasteiger partial charge in [0.25, 0.3) is 0 Å². The second-order valence-electron chi connectivity index (χ2n) is 6.62. The Labute approximate surface area is 170 Å². The number of rotatable bonds is 4. The van der Waals surface area contributed by atoms with E-state index in [-0.39, 0.29) is 6.04 Å². The summed E-state index contributed by atoms with van der Waals surface area (Å²) in [6.45, 7) is 0.696. The van der Waals surface area contributed by atoms with E-state index < -0.39 is 5.60 Å². The van der Waals surface area contributed by atoms with Crippen molar-refractivity contribution in [3.05, 3.63) is 43.5 Å². The summed E-state index contributed by atoms with van der Waals surface area (Å²) in [7, 11) is 0. The van der Waals surface area contributed by atoms with Crippen LogP contribution >= 0.6 is 45.9 Å². The molecule has 0 amide bonds. The number of fused-ring (bicyclic) bond motifs is 1. The zero-order chi connectivity index (χ0) is 18.3. The lowest BCUT2D eigenvalue weighted by Gasteiger charge is -2.37. The van der Waals surface area contributed by atoms with Crippen LogP contribution in [0.5, 0.6) is 0 Å². The van der Waals surface area contributed by atoms with Crippen molar-refractivity contribution < 1.29 is 5.11 Å². The van der Waals surface area contributed by atoms with Gasteiger partial charge in [-0.25, -0.2) is 4.98 Å². The largest absolute Gasteiger partial charge is 0.383 e. The second kappa shape index (κ2) is 7.26. The fourth-order valence-electron chi connectivity index (χ4n) is 3.48. The van der Waals surface area contributed by atoms with Gasteiger partial charge in [0.05, 0.1) is 20.3 Å². The third kappa shape index (κ3) is 3.23. The molecule has 0 aromatic carbocycles.